The van der Waals surface area contributed by atoms with E-state index in [0.29, 0.717) is 17.9 Å². The van der Waals surface area contributed by atoms with E-state index in [1.54, 1.807) is 32.9 Å². The first-order valence-electron chi connectivity index (χ1n) is 12.4. The number of Topliss-reactive ketones (excluding diaryl/α,β-unsaturated/α-hetero) is 1. The molecule has 0 amide bonds. The molecule has 0 bridgehead atoms. The van der Waals surface area contributed by atoms with Crippen molar-refractivity contribution in [1.82, 2.24) is 9.55 Å². The van der Waals surface area contributed by atoms with Crippen molar-refractivity contribution >= 4 is 26.7 Å². The number of sulfone groups is 1. The average Bonchev–Trinajstić information content (AvgIpc) is 3.25. The Morgan fingerprint density at radius 2 is 1.61 bits per heavy atom. The van der Waals surface area contributed by atoms with Crippen LogP contribution in [0.25, 0.3) is 11.0 Å². The molecule has 0 saturated carbocycles. The van der Waals surface area contributed by atoms with Crippen LogP contribution in [0.15, 0.2) is 65.6 Å². The number of carbonyl (C=O) groups is 1. The van der Waals surface area contributed by atoms with Crippen LogP contribution in [0.1, 0.15) is 44.6 Å². The predicted molar refractivity (Wildman–Crippen MR) is 142 cm³/mol. The average molecular weight is 541 g/mol. The van der Waals surface area contributed by atoms with E-state index < -0.39 is 27.1 Å². The van der Waals surface area contributed by atoms with Crippen LogP contribution in [-0.4, -0.2) is 29.5 Å². The molecule has 4 rings (SSSR count). The zero-order chi connectivity index (χ0) is 27.7. The van der Waals surface area contributed by atoms with Gasteiger partial charge in [-0.1, -0.05) is 25.1 Å². The summed E-state index contributed by atoms with van der Waals surface area (Å²) < 4.78 is 59.8. The van der Waals surface area contributed by atoms with Crippen molar-refractivity contribution in [2.75, 3.05) is 5.75 Å². The molecule has 0 fully saturated rings. The maximum absolute atomic E-state index is 14.2. The molecule has 3 aromatic carbocycles. The fourth-order valence-electron chi connectivity index (χ4n) is 4.44. The van der Waals surface area contributed by atoms with Crippen molar-refractivity contribution in [3.8, 4) is 5.75 Å². The highest BCUT2D eigenvalue weighted by atomic mass is 32.2. The highest BCUT2D eigenvalue weighted by molar-refractivity contribution is 7.91. The number of rotatable bonds is 10. The van der Waals surface area contributed by atoms with Gasteiger partial charge in [0.1, 0.15) is 11.6 Å². The largest absolute Gasteiger partial charge is 0.477 e. The predicted octanol–water partition coefficient (Wildman–Crippen LogP) is 5.80. The van der Waals surface area contributed by atoms with Gasteiger partial charge in [0.05, 0.1) is 21.7 Å². The molecule has 0 saturated heterocycles. The summed E-state index contributed by atoms with van der Waals surface area (Å²) in [6.07, 6.45) is 0.368. The molecule has 0 radical (unpaired) electrons. The lowest BCUT2D eigenvalue weighted by atomic mass is 10.0. The smallest absolute Gasteiger partial charge is 0.178 e. The van der Waals surface area contributed by atoms with Crippen molar-refractivity contribution < 1.29 is 26.7 Å². The first-order chi connectivity index (χ1) is 17.9. The Hall–Kier alpha value is -3.59. The van der Waals surface area contributed by atoms with Gasteiger partial charge in [-0.2, -0.15) is 0 Å². The molecular weight excluding hydrogens is 510 g/mol. The number of hydrogen-bond donors (Lipinski definition) is 0. The number of carbonyl (C=O) groups excluding carboxylic acids is 1. The number of imidazole rings is 1. The molecule has 0 spiro atoms. The number of nitrogens with zero attached hydrogens (tertiary/aromatic N) is 2. The summed E-state index contributed by atoms with van der Waals surface area (Å²) in [7, 11) is -3.29. The summed E-state index contributed by atoms with van der Waals surface area (Å²) >= 11 is 0. The SMILES string of the molecule is CCn1c(C(C)(C)Oc2cc(F)ccc2F)nc2cc(CC(=O)Cc3ccc(S(=O)(=O)CC)cc3)ccc21. The second kappa shape index (κ2) is 10.6. The van der Waals surface area contributed by atoms with Crippen LogP contribution in [-0.2, 0) is 39.6 Å². The Morgan fingerprint density at radius 3 is 2.26 bits per heavy atom. The number of aromatic nitrogens is 2. The third-order valence-electron chi connectivity index (χ3n) is 6.39. The van der Waals surface area contributed by atoms with Crippen molar-refractivity contribution in [3.05, 3.63) is 89.2 Å². The molecule has 9 heteroatoms. The number of halogens is 2. The van der Waals surface area contributed by atoms with Gasteiger partial charge < -0.3 is 9.30 Å². The topological polar surface area (TPSA) is 78.3 Å². The van der Waals surface area contributed by atoms with Crippen LogP contribution in [0.3, 0.4) is 0 Å². The standard InChI is InChI=1S/C29H30F2N2O4S/c1-5-33-26-14-9-20(16-22(34)15-19-7-11-23(12-8-19)38(35,36)6-2)17-25(26)32-28(33)29(3,4)37-27-18-21(30)10-13-24(27)31/h7-14,17-18H,5-6,15-16H2,1-4H3. The summed E-state index contributed by atoms with van der Waals surface area (Å²) in [6.45, 7) is 7.61. The van der Waals surface area contributed by atoms with Gasteiger partial charge in [0.25, 0.3) is 0 Å². The Balaban J connectivity index is 1.54. The molecular formula is C29H30F2N2O4S. The minimum absolute atomic E-state index is 0.0177. The Morgan fingerprint density at radius 1 is 0.947 bits per heavy atom. The highest BCUT2D eigenvalue weighted by Gasteiger charge is 2.31. The molecule has 0 unspecified atom stereocenters. The van der Waals surface area contributed by atoms with E-state index in [1.807, 2.05) is 29.7 Å². The molecule has 0 aliphatic heterocycles. The first kappa shape index (κ1) is 27.4. The van der Waals surface area contributed by atoms with E-state index >= 15 is 0 Å². The number of aryl methyl sites for hydroxylation is 1. The molecule has 1 aromatic heterocycles. The quantitative estimate of drug-likeness (QED) is 0.254. The van der Waals surface area contributed by atoms with Crippen molar-refractivity contribution in [3.63, 3.8) is 0 Å². The van der Waals surface area contributed by atoms with Gasteiger partial charge in [-0.3, -0.25) is 4.79 Å². The van der Waals surface area contributed by atoms with Crippen LogP contribution < -0.4 is 4.74 Å². The number of hydrogen-bond acceptors (Lipinski definition) is 5. The van der Waals surface area contributed by atoms with Crippen molar-refractivity contribution in [1.29, 1.82) is 0 Å². The van der Waals surface area contributed by atoms with E-state index in [4.69, 9.17) is 9.72 Å². The van der Waals surface area contributed by atoms with Gasteiger partial charge in [-0.15, -0.1) is 0 Å². The second-order valence-electron chi connectivity index (χ2n) is 9.63. The lowest BCUT2D eigenvalue weighted by Gasteiger charge is -2.27. The van der Waals surface area contributed by atoms with Crippen molar-refractivity contribution in [2.24, 2.45) is 0 Å². The summed E-state index contributed by atoms with van der Waals surface area (Å²) in [5, 5.41) is 0. The van der Waals surface area contributed by atoms with Gasteiger partial charge in [0.2, 0.25) is 0 Å². The number of ketones is 1. The first-order valence-corrected chi connectivity index (χ1v) is 14.1. The molecule has 38 heavy (non-hydrogen) atoms. The van der Waals surface area contributed by atoms with Gasteiger partial charge in [0, 0.05) is 25.5 Å². The van der Waals surface area contributed by atoms with Gasteiger partial charge in [-0.05, 0) is 68.3 Å². The third kappa shape index (κ3) is 5.78. The maximum atomic E-state index is 14.2. The van der Waals surface area contributed by atoms with E-state index in [1.165, 1.54) is 12.1 Å². The van der Waals surface area contributed by atoms with Crippen LogP contribution in [0.5, 0.6) is 5.75 Å². The number of benzene rings is 3. The van der Waals surface area contributed by atoms with Gasteiger partial charge in [0.15, 0.2) is 32.8 Å². The van der Waals surface area contributed by atoms with E-state index in [9.17, 15) is 22.0 Å². The lowest BCUT2D eigenvalue weighted by molar-refractivity contribution is -0.117. The molecule has 0 aliphatic rings. The normalized spacial score (nSPS) is 12.2. The number of ether oxygens (including phenoxy) is 1. The fraction of sp³-hybridized carbons (Fsp3) is 0.310. The Kier molecular flexibility index (Phi) is 7.69. The molecule has 0 N–H and O–H groups in total. The van der Waals surface area contributed by atoms with E-state index in [-0.39, 0.29) is 35.0 Å². The zero-order valence-corrected chi connectivity index (χ0v) is 22.6. The van der Waals surface area contributed by atoms with Crippen molar-refractivity contribution in [2.45, 2.75) is 57.6 Å². The Bertz CT molecular complexity index is 1590. The minimum atomic E-state index is -3.29. The van der Waals surface area contributed by atoms with Crippen LogP contribution in [0.4, 0.5) is 8.78 Å². The minimum Gasteiger partial charge on any atom is -0.477 e. The molecule has 6 nitrogen and oxygen atoms in total. The Labute approximate surface area is 221 Å². The zero-order valence-electron chi connectivity index (χ0n) is 21.8. The number of fused-ring (bicyclic) bond motifs is 1. The van der Waals surface area contributed by atoms with Crippen LogP contribution in [0, 0.1) is 11.6 Å². The van der Waals surface area contributed by atoms with Gasteiger partial charge in [-0.25, -0.2) is 22.2 Å². The summed E-state index contributed by atoms with van der Waals surface area (Å²) in [5.74, 6) is -0.913. The van der Waals surface area contributed by atoms with E-state index in [2.05, 4.69) is 0 Å². The highest BCUT2D eigenvalue weighted by Crippen LogP contribution is 2.32. The third-order valence-corrected chi connectivity index (χ3v) is 8.14. The van der Waals surface area contributed by atoms with Gasteiger partial charge >= 0.3 is 0 Å². The maximum Gasteiger partial charge on any atom is 0.178 e. The molecule has 1 heterocycles. The molecule has 200 valence electrons. The molecule has 4 aromatic rings. The fourth-order valence-corrected chi connectivity index (χ4v) is 5.32. The summed E-state index contributed by atoms with van der Waals surface area (Å²) in [6, 6.07) is 15.1. The van der Waals surface area contributed by atoms with E-state index in [0.717, 1.165) is 34.8 Å². The monoisotopic (exact) mass is 540 g/mol. The summed E-state index contributed by atoms with van der Waals surface area (Å²) in [4.78, 5) is 17.8. The van der Waals surface area contributed by atoms with Crippen LogP contribution in [0.2, 0.25) is 0 Å². The molecule has 0 atom stereocenters. The lowest BCUT2D eigenvalue weighted by Crippen LogP contribution is -2.30. The summed E-state index contributed by atoms with van der Waals surface area (Å²) in [5.41, 5.74) is 1.96. The second-order valence-corrected chi connectivity index (χ2v) is 11.9. The molecule has 0 aliphatic carbocycles. The van der Waals surface area contributed by atoms with Crippen LogP contribution >= 0.6 is 0 Å².